The zero-order chi connectivity index (χ0) is 26.2. The largest absolute Gasteiger partial charge is 0.252 e. The molecule has 3 aromatic carbocycles. The third-order valence-electron chi connectivity index (χ3n) is 9.26. The van der Waals surface area contributed by atoms with Crippen LogP contribution in [-0.4, -0.2) is 11.4 Å². The van der Waals surface area contributed by atoms with Crippen molar-refractivity contribution in [1.29, 1.82) is 0 Å². The van der Waals surface area contributed by atoms with Gasteiger partial charge >= 0.3 is 0 Å². The Balaban J connectivity index is 0.974. The molecule has 0 amide bonds. The van der Waals surface area contributed by atoms with Crippen LogP contribution in [0.15, 0.2) is 141 Å². The Kier molecular flexibility index (Phi) is 4.72. The fourth-order valence-electron chi connectivity index (χ4n) is 7.02. The van der Waals surface area contributed by atoms with Gasteiger partial charge in [0.2, 0.25) is 0 Å². The van der Waals surface area contributed by atoms with E-state index in [2.05, 4.69) is 97.2 Å². The van der Waals surface area contributed by atoms with Gasteiger partial charge in [-0.1, -0.05) is 60.8 Å². The Morgan fingerprint density at radius 1 is 0.400 bits per heavy atom. The van der Waals surface area contributed by atoms with Crippen molar-refractivity contribution >= 4 is 44.3 Å². The number of nitrogens with zero attached hydrogens (tertiary/aromatic N) is 2. The van der Waals surface area contributed by atoms with Gasteiger partial charge in [-0.3, -0.25) is 9.98 Å². The highest BCUT2D eigenvalue weighted by atomic mass is 14.8. The smallest absolute Gasteiger partial charge is 0.0675 e. The lowest BCUT2D eigenvalue weighted by molar-refractivity contribution is 1.15. The minimum atomic E-state index is 0.920. The standard InChI is InChI=1S/C38H28N2/c1-2-6-23(5-1)25-9-11-27(13-25)35-21-33-17-29-15-32-20-38-34(18-30(32)16-31(29)19-37(33)39-35)22-36(40-38)28-12-10-26(14-28)24-7-3-4-8-24/h1-5,7,9-12,15-20H,6,8,13-14,21-22H2. The van der Waals surface area contributed by atoms with Crippen molar-refractivity contribution < 1.29 is 0 Å². The lowest BCUT2D eigenvalue weighted by atomic mass is 9.95. The summed E-state index contributed by atoms with van der Waals surface area (Å²) in [6.07, 6.45) is 28.4. The molecule has 0 unspecified atom stereocenters. The Morgan fingerprint density at radius 2 is 0.850 bits per heavy atom. The fourth-order valence-corrected chi connectivity index (χ4v) is 7.02. The van der Waals surface area contributed by atoms with Crippen LogP contribution >= 0.6 is 0 Å². The summed E-state index contributed by atoms with van der Waals surface area (Å²) in [6, 6.07) is 14.0. The molecule has 0 fully saturated rings. The van der Waals surface area contributed by atoms with Crippen molar-refractivity contribution in [3.8, 4) is 0 Å². The van der Waals surface area contributed by atoms with E-state index in [1.54, 1.807) is 0 Å². The highest BCUT2D eigenvalue weighted by Crippen LogP contribution is 2.41. The fraction of sp³-hybridized carbons (Fsp3) is 0.158. The summed E-state index contributed by atoms with van der Waals surface area (Å²) in [4.78, 5) is 10.2. The van der Waals surface area contributed by atoms with Crippen molar-refractivity contribution in [2.75, 3.05) is 0 Å². The molecule has 2 heteroatoms. The van der Waals surface area contributed by atoms with Gasteiger partial charge in [0.25, 0.3) is 0 Å². The minimum Gasteiger partial charge on any atom is -0.252 e. The summed E-state index contributed by atoms with van der Waals surface area (Å²) < 4.78 is 0. The van der Waals surface area contributed by atoms with E-state index in [-0.39, 0.29) is 0 Å². The van der Waals surface area contributed by atoms with Gasteiger partial charge < -0.3 is 0 Å². The normalized spacial score (nSPS) is 20.4. The number of benzene rings is 3. The van der Waals surface area contributed by atoms with Gasteiger partial charge in [-0.2, -0.15) is 0 Å². The van der Waals surface area contributed by atoms with Crippen LogP contribution in [0.1, 0.15) is 36.8 Å². The maximum absolute atomic E-state index is 5.11. The Hall–Kier alpha value is -4.56. The SMILES string of the molecule is C1=CCC(C2=CC=C(C3=Nc4cc5cc6cc7c(cc6cc5cc4C3)N=C(C3=CC=C(C4=CC=CC4)C3)C7)C2)=C1. The van der Waals surface area contributed by atoms with E-state index in [0.717, 1.165) is 49.9 Å². The second-order valence-corrected chi connectivity index (χ2v) is 11.7. The van der Waals surface area contributed by atoms with E-state index < -0.39 is 0 Å². The Labute approximate surface area is 234 Å². The summed E-state index contributed by atoms with van der Waals surface area (Å²) in [5.41, 5.74) is 15.9. The lowest BCUT2D eigenvalue weighted by Gasteiger charge is -2.07. The molecule has 3 aromatic rings. The monoisotopic (exact) mass is 512 g/mol. The molecule has 40 heavy (non-hydrogen) atoms. The predicted octanol–water partition coefficient (Wildman–Crippen LogP) is 9.54. The van der Waals surface area contributed by atoms with E-state index in [9.17, 15) is 0 Å². The van der Waals surface area contributed by atoms with Crippen LogP contribution in [0.5, 0.6) is 0 Å². The quantitative estimate of drug-likeness (QED) is 0.311. The van der Waals surface area contributed by atoms with Gasteiger partial charge in [-0.25, -0.2) is 0 Å². The van der Waals surface area contributed by atoms with Crippen LogP contribution in [0.25, 0.3) is 21.5 Å². The van der Waals surface area contributed by atoms with E-state index in [1.807, 2.05) is 0 Å². The zero-order valence-electron chi connectivity index (χ0n) is 22.4. The molecule has 0 atom stereocenters. The Morgan fingerprint density at radius 3 is 1.30 bits per heavy atom. The van der Waals surface area contributed by atoms with Crippen molar-refractivity contribution in [2.45, 2.75) is 38.5 Å². The van der Waals surface area contributed by atoms with Crippen molar-refractivity contribution in [2.24, 2.45) is 9.98 Å². The maximum Gasteiger partial charge on any atom is 0.0675 e. The minimum absolute atomic E-state index is 0.920. The van der Waals surface area contributed by atoms with E-state index in [0.29, 0.717) is 0 Å². The van der Waals surface area contributed by atoms with Crippen molar-refractivity contribution in [3.63, 3.8) is 0 Å². The van der Waals surface area contributed by atoms with E-state index >= 15 is 0 Å². The van der Waals surface area contributed by atoms with Crippen LogP contribution in [0.3, 0.4) is 0 Å². The molecule has 2 heterocycles. The number of hydrogen-bond donors (Lipinski definition) is 0. The van der Waals surface area contributed by atoms with Crippen LogP contribution < -0.4 is 0 Å². The molecule has 0 saturated heterocycles. The molecule has 0 saturated carbocycles. The molecule has 4 aliphatic carbocycles. The second-order valence-electron chi connectivity index (χ2n) is 11.7. The zero-order valence-corrected chi connectivity index (χ0v) is 22.4. The molecule has 0 bridgehead atoms. The van der Waals surface area contributed by atoms with Gasteiger partial charge in [0.05, 0.1) is 11.4 Å². The van der Waals surface area contributed by atoms with Crippen LogP contribution in [0.4, 0.5) is 11.4 Å². The molecule has 9 rings (SSSR count). The van der Waals surface area contributed by atoms with Gasteiger partial charge in [0, 0.05) is 24.3 Å². The highest BCUT2D eigenvalue weighted by Gasteiger charge is 2.24. The topological polar surface area (TPSA) is 24.7 Å². The first kappa shape index (κ1) is 22.3. The molecular weight excluding hydrogens is 484 g/mol. The molecule has 6 aliphatic rings. The summed E-state index contributed by atoms with van der Waals surface area (Å²) in [5, 5.41) is 5.11. The van der Waals surface area contributed by atoms with Crippen LogP contribution in [0.2, 0.25) is 0 Å². The molecular formula is C38H28N2. The van der Waals surface area contributed by atoms with Crippen LogP contribution in [0, 0.1) is 0 Å². The first-order valence-corrected chi connectivity index (χ1v) is 14.4. The second kappa shape index (κ2) is 8.47. The highest BCUT2D eigenvalue weighted by molar-refractivity contribution is 6.11. The number of allylic oxidation sites excluding steroid dienone is 16. The maximum atomic E-state index is 5.11. The molecule has 0 radical (unpaired) electrons. The van der Waals surface area contributed by atoms with Crippen LogP contribution in [-0.2, 0) is 12.8 Å². The summed E-state index contributed by atoms with van der Waals surface area (Å²) in [5.74, 6) is 0. The number of rotatable bonds is 4. The van der Waals surface area contributed by atoms with E-state index in [4.69, 9.17) is 9.98 Å². The summed E-state index contributed by atoms with van der Waals surface area (Å²) in [7, 11) is 0. The molecule has 0 N–H and O–H groups in total. The van der Waals surface area contributed by atoms with E-state index in [1.165, 1.54) is 77.5 Å². The average Bonchev–Trinajstić information content (AvgIpc) is 3.81. The van der Waals surface area contributed by atoms with Crippen molar-refractivity contribution in [1.82, 2.24) is 0 Å². The summed E-state index contributed by atoms with van der Waals surface area (Å²) in [6.45, 7) is 0. The number of fused-ring (bicyclic) bond motifs is 4. The third kappa shape index (κ3) is 3.56. The number of aliphatic imine (C=N–C) groups is 2. The Bertz CT molecular complexity index is 1880. The van der Waals surface area contributed by atoms with Gasteiger partial charge in [-0.15, -0.1) is 0 Å². The van der Waals surface area contributed by atoms with Gasteiger partial charge in [0.1, 0.15) is 0 Å². The molecule has 190 valence electrons. The predicted molar refractivity (Wildman–Crippen MR) is 168 cm³/mol. The first-order valence-electron chi connectivity index (χ1n) is 14.4. The lowest BCUT2D eigenvalue weighted by Crippen LogP contribution is -2.02. The first-order chi connectivity index (χ1) is 19.7. The van der Waals surface area contributed by atoms with Gasteiger partial charge in [0.15, 0.2) is 0 Å². The molecule has 0 spiro atoms. The van der Waals surface area contributed by atoms with Gasteiger partial charge in [-0.05, 0) is 128 Å². The third-order valence-corrected chi connectivity index (χ3v) is 9.26. The van der Waals surface area contributed by atoms with Crippen molar-refractivity contribution in [3.05, 3.63) is 142 Å². The summed E-state index contributed by atoms with van der Waals surface area (Å²) >= 11 is 0. The average molecular weight is 513 g/mol. The number of hydrogen-bond acceptors (Lipinski definition) is 2. The molecule has 2 nitrogen and oxygen atoms in total. The molecule has 0 aromatic heterocycles. The molecule has 2 aliphatic heterocycles.